The lowest BCUT2D eigenvalue weighted by Crippen LogP contribution is -2.50. The van der Waals surface area contributed by atoms with Gasteiger partial charge in [0.1, 0.15) is 5.75 Å². The van der Waals surface area contributed by atoms with Gasteiger partial charge in [0.15, 0.2) is 0 Å². The SMILES string of the molecule is CN(Cc1ccccc1O)C(=O)C1(C)COCC1N. The molecule has 1 saturated heterocycles. The van der Waals surface area contributed by atoms with Crippen molar-refractivity contribution in [2.45, 2.75) is 19.5 Å². The van der Waals surface area contributed by atoms with Crippen LogP contribution in [0.2, 0.25) is 0 Å². The number of hydrogen-bond donors (Lipinski definition) is 2. The lowest BCUT2D eigenvalue weighted by molar-refractivity contribution is -0.141. The van der Waals surface area contributed by atoms with E-state index in [1.165, 1.54) is 0 Å². The molecule has 19 heavy (non-hydrogen) atoms. The topological polar surface area (TPSA) is 75.8 Å². The van der Waals surface area contributed by atoms with Crippen molar-refractivity contribution in [3.63, 3.8) is 0 Å². The molecule has 1 aromatic rings. The quantitative estimate of drug-likeness (QED) is 0.843. The van der Waals surface area contributed by atoms with Crippen molar-refractivity contribution in [2.75, 3.05) is 20.3 Å². The monoisotopic (exact) mass is 264 g/mol. The number of benzene rings is 1. The van der Waals surface area contributed by atoms with Gasteiger partial charge in [-0.3, -0.25) is 4.79 Å². The van der Waals surface area contributed by atoms with Gasteiger partial charge in [0.05, 0.1) is 18.6 Å². The number of aromatic hydroxyl groups is 1. The number of ether oxygens (including phenoxy) is 1. The van der Waals surface area contributed by atoms with Crippen molar-refractivity contribution in [3.05, 3.63) is 29.8 Å². The van der Waals surface area contributed by atoms with E-state index in [9.17, 15) is 9.90 Å². The van der Waals surface area contributed by atoms with Gasteiger partial charge in [0, 0.05) is 25.2 Å². The molecule has 1 aliphatic heterocycles. The average Bonchev–Trinajstić information content (AvgIpc) is 2.72. The molecular formula is C14H20N2O3. The van der Waals surface area contributed by atoms with Gasteiger partial charge in [-0.05, 0) is 13.0 Å². The molecule has 0 aliphatic carbocycles. The Balaban J connectivity index is 2.10. The summed E-state index contributed by atoms with van der Waals surface area (Å²) in [6.45, 7) is 2.94. The molecule has 1 aromatic carbocycles. The van der Waals surface area contributed by atoms with Crippen molar-refractivity contribution < 1.29 is 14.6 Å². The van der Waals surface area contributed by atoms with Gasteiger partial charge in [-0.25, -0.2) is 0 Å². The molecule has 0 radical (unpaired) electrons. The Kier molecular flexibility index (Phi) is 3.78. The molecule has 0 aromatic heterocycles. The van der Waals surface area contributed by atoms with Crippen molar-refractivity contribution in [1.82, 2.24) is 4.90 Å². The second-order valence-corrected chi connectivity index (χ2v) is 5.33. The molecule has 104 valence electrons. The summed E-state index contributed by atoms with van der Waals surface area (Å²) in [5, 5.41) is 9.74. The third-order valence-electron chi connectivity index (χ3n) is 3.75. The maximum atomic E-state index is 12.5. The summed E-state index contributed by atoms with van der Waals surface area (Å²) in [6, 6.07) is 6.71. The van der Waals surface area contributed by atoms with Crippen LogP contribution in [-0.2, 0) is 16.1 Å². The molecule has 0 spiro atoms. The van der Waals surface area contributed by atoms with E-state index in [0.29, 0.717) is 19.8 Å². The maximum Gasteiger partial charge on any atom is 0.232 e. The second-order valence-electron chi connectivity index (χ2n) is 5.33. The first-order valence-electron chi connectivity index (χ1n) is 6.31. The first-order chi connectivity index (χ1) is 8.95. The Bertz CT molecular complexity index is 478. The summed E-state index contributed by atoms with van der Waals surface area (Å²) in [7, 11) is 1.71. The van der Waals surface area contributed by atoms with Crippen molar-refractivity contribution in [3.8, 4) is 5.75 Å². The minimum absolute atomic E-state index is 0.0549. The van der Waals surface area contributed by atoms with Crippen LogP contribution in [0.3, 0.4) is 0 Å². The normalized spacial score (nSPS) is 26.4. The van der Waals surface area contributed by atoms with Gasteiger partial charge in [0.2, 0.25) is 5.91 Å². The number of rotatable bonds is 3. The second kappa shape index (κ2) is 5.19. The molecule has 1 fully saturated rings. The van der Waals surface area contributed by atoms with E-state index in [1.54, 1.807) is 30.1 Å². The van der Waals surface area contributed by atoms with Crippen molar-refractivity contribution in [1.29, 1.82) is 0 Å². The van der Waals surface area contributed by atoms with E-state index in [2.05, 4.69) is 0 Å². The zero-order valence-corrected chi connectivity index (χ0v) is 11.3. The molecule has 5 heteroatoms. The Morgan fingerprint density at radius 3 is 2.84 bits per heavy atom. The Hall–Kier alpha value is -1.59. The first-order valence-corrected chi connectivity index (χ1v) is 6.31. The first kappa shape index (κ1) is 13.8. The molecule has 2 atom stereocenters. The predicted molar refractivity (Wildman–Crippen MR) is 71.5 cm³/mol. The highest BCUT2D eigenvalue weighted by Gasteiger charge is 2.45. The van der Waals surface area contributed by atoms with Crippen LogP contribution >= 0.6 is 0 Å². The van der Waals surface area contributed by atoms with Crippen LogP contribution in [0.5, 0.6) is 5.75 Å². The minimum atomic E-state index is -0.681. The van der Waals surface area contributed by atoms with E-state index in [0.717, 1.165) is 5.56 Å². The summed E-state index contributed by atoms with van der Waals surface area (Å²) in [5.74, 6) is 0.139. The smallest absolute Gasteiger partial charge is 0.232 e. The van der Waals surface area contributed by atoms with E-state index in [4.69, 9.17) is 10.5 Å². The number of carbonyl (C=O) groups excluding carboxylic acids is 1. The molecule has 0 bridgehead atoms. The fourth-order valence-electron chi connectivity index (χ4n) is 2.32. The Morgan fingerprint density at radius 1 is 1.58 bits per heavy atom. The summed E-state index contributed by atoms with van der Waals surface area (Å²) >= 11 is 0. The molecule has 2 unspecified atom stereocenters. The zero-order chi connectivity index (χ0) is 14.0. The van der Waals surface area contributed by atoms with Crippen LogP contribution in [0.1, 0.15) is 12.5 Å². The van der Waals surface area contributed by atoms with Crippen molar-refractivity contribution in [2.24, 2.45) is 11.1 Å². The predicted octanol–water partition coefficient (Wildman–Crippen LogP) is 0.714. The largest absolute Gasteiger partial charge is 0.508 e. The number of para-hydroxylation sites is 1. The van der Waals surface area contributed by atoms with Crippen LogP contribution in [-0.4, -0.2) is 42.2 Å². The lowest BCUT2D eigenvalue weighted by Gasteiger charge is -2.31. The highest BCUT2D eigenvalue weighted by Crippen LogP contribution is 2.30. The number of nitrogens with two attached hydrogens (primary N) is 1. The highest BCUT2D eigenvalue weighted by molar-refractivity contribution is 5.83. The van der Waals surface area contributed by atoms with E-state index in [1.807, 2.05) is 13.0 Å². The summed E-state index contributed by atoms with van der Waals surface area (Å²) in [6.07, 6.45) is 0. The van der Waals surface area contributed by atoms with Gasteiger partial charge in [0.25, 0.3) is 0 Å². The molecule has 5 nitrogen and oxygen atoms in total. The minimum Gasteiger partial charge on any atom is -0.508 e. The Labute approximate surface area is 113 Å². The standard InChI is InChI=1S/C14H20N2O3/c1-14(9-19-8-12(14)15)13(18)16(2)7-10-5-3-4-6-11(10)17/h3-6,12,17H,7-9,15H2,1-2H3. The fourth-order valence-corrected chi connectivity index (χ4v) is 2.32. The van der Waals surface area contributed by atoms with Gasteiger partial charge in [-0.1, -0.05) is 18.2 Å². The van der Waals surface area contributed by atoms with Crippen LogP contribution in [0.25, 0.3) is 0 Å². The molecule has 1 aliphatic rings. The molecule has 2 rings (SSSR count). The number of nitrogens with zero attached hydrogens (tertiary/aromatic N) is 1. The third kappa shape index (κ3) is 2.57. The van der Waals surface area contributed by atoms with Crippen LogP contribution in [0.4, 0.5) is 0 Å². The summed E-state index contributed by atoms with van der Waals surface area (Å²) < 4.78 is 5.30. The van der Waals surface area contributed by atoms with E-state index < -0.39 is 5.41 Å². The highest BCUT2D eigenvalue weighted by atomic mass is 16.5. The third-order valence-corrected chi connectivity index (χ3v) is 3.75. The number of phenolic OH excluding ortho intramolecular Hbond substituents is 1. The average molecular weight is 264 g/mol. The number of hydrogen-bond acceptors (Lipinski definition) is 4. The molecule has 1 heterocycles. The van der Waals surface area contributed by atoms with Gasteiger partial charge in [-0.2, -0.15) is 0 Å². The van der Waals surface area contributed by atoms with E-state index in [-0.39, 0.29) is 17.7 Å². The van der Waals surface area contributed by atoms with Crippen LogP contribution in [0.15, 0.2) is 24.3 Å². The lowest BCUT2D eigenvalue weighted by atomic mass is 9.84. The molecule has 1 amide bonds. The maximum absolute atomic E-state index is 12.5. The molecule has 3 N–H and O–H groups in total. The fraction of sp³-hybridized carbons (Fsp3) is 0.500. The number of amides is 1. The summed E-state index contributed by atoms with van der Waals surface area (Å²) in [4.78, 5) is 14.1. The number of phenols is 1. The Morgan fingerprint density at radius 2 is 2.26 bits per heavy atom. The molecule has 0 saturated carbocycles. The molecular weight excluding hydrogens is 244 g/mol. The van der Waals surface area contributed by atoms with Gasteiger partial charge < -0.3 is 20.5 Å². The van der Waals surface area contributed by atoms with Gasteiger partial charge >= 0.3 is 0 Å². The number of carbonyl (C=O) groups is 1. The summed E-state index contributed by atoms with van der Waals surface area (Å²) in [5.41, 5.74) is 5.99. The van der Waals surface area contributed by atoms with Crippen LogP contribution < -0.4 is 5.73 Å². The zero-order valence-electron chi connectivity index (χ0n) is 11.3. The van der Waals surface area contributed by atoms with Crippen molar-refractivity contribution >= 4 is 5.91 Å². The van der Waals surface area contributed by atoms with Crippen LogP contribution in [0, 0.1) is 5.41 Å². The van der Waals surface area contributed by atoms with E-state index >= 15 is 0 Å². The van der Waals surface area contributed by atoms with Gasteiger partial charge in [-0.15, -0.1) is 0 Å².